The average molecular weight is 200 g/mol. The van der Waals surface area contributed by atoms with Crippen LogP contribution in [0, 0.1) is 4.91 Å². The molecule has 0 atom stereocenters. The van der Waals surface area contributed by atoms with Gasteiger partial charge in [-0.2, -0.15) is 0 Å². The molecule has 3 heteroatoms. The lowest BCUT2D eigenvalue weighted by Crippen LogP contribution is -1.73. The summed E-state index contributed by atoms with van der Waals surface area (Å²) in [6, 6.07) is 20.8. The van der Waals surface area contributed by atoms with Gasteiger partial charge in [-0.25, -0.2) is 0 Å². The van der Waals surface area contributed by atoms with Gasteiger partial charge in [0.05, 0.1) is 0 Å². The van der Waals surface area contributed by atoms with Crippen LogP contribution in [0.2, 0.25) is 0 Å². The van der Waals surface area contributed by atoms with Crippen LogP contribution in [-0.2, 0) is 0 Å². The van der Waals surface area contributed by atoms with Gasteiger partial charge < -0.3 is 0 Å². The van der Waals surface area contributed by atoms with Gasteiger partial charge in [0.25, 0.3) is 0 Å². The second kappa shape index (κ2) is 6.32. The third kappa shape index (κ3) is 3.60. The lowest BCUT2D eigenvalue weighted by molar-refractivity contribution is 1.23. The van der Waals surface area contributed by atoms with Crippen LogP contribution in [0.5, 0.6) is 0 Å². The summed E-state index contributed by atoms with van der Waals surface area (Å²) in [6.45, 7) is 0. The monoisotopic (exact) mass is 200 g/mol. The van der Waals surface area contributed by atoms with Crippen molar-refractivity contribution in [3.05, 3.63) is 65.6 Å². The van der Waals surface area contributed by atoms with Crippen molar-refractivity contribution in [3.63, 3.8) is 0 Å². The van der Waals surface area contributed by atoms with Crippen LogP contribution in [0.15, 0.2) is 65.9 Å². The van der Waals surface area contributed by atoms with Crippen LogP contribution in [0.3, 0.4) is 0 Å². The number of rotatable bonds is 1. The molecule has 0 heterocycles. The molecule has 2 rings (SSSR count). The Bertz CT molecular complexity index is 349. The minimum Gasteiger partial charge on any atom is -0.287 e. The Hall–Kier alpha value is -2.16. The molecule has 0 aliphatic carbocycles. The lowest BCUT2D eigenvalue weighted by Gasteiger charge is -1.98. The van der Waals surface area contributed by atoms with E-state index in [1.807, 2.05) is 12.1 Å². The molecule has 0 amide bonds. The van der Waals surface area contributed by atoms with Gasteiger partial charge in [0.15, 0.2) is 0 Å². The number of nitroso groups, excluding NO2 is 1. The molecule has 0 radical (unpaired) electrons. The highest BCUT2D eigenvalue weighted by atomic mass is 16.3. The predicted octanol–water partition coefficient (Wildman–Crippen LogP) is 2.98. The van der Waals surface area contributed by atoms with Crippen molar-refractivity contribution in [3.8, 4) is 11.1 Å². The molecule has 2 aromatic carbocycles. The van der Waals surface area contributed by atoms with Gasteiger partial charge in [-0.3, -0.25) is 5.84 Å². The highest BCUT2D eigenvalue weighted by molar-refractivity contribution is 5.62. The van der Waals surface area contributed by atoms with Crippen molar-refractivity contribution < 1.29 is 0 Å². The van der Waals surface area contributed by atoms with Crippen LogP contribution in [0.4, 0.5) is 0 Å². The number of nitrogens with two attached hydrogens (primary N) is 1. The van der Waals surface area contributed by atoms with E-state index in [1.54, 1.807) is 5.29 Å². The minimum absolute atomic E-state index is 1.28. The van der Waals surface area contributed by atoms with Crippen molar-refractivity contribution in [2.75, 3.05) is 0 Å². The fourth-order valence-corrected chi connectivity index (χ4v) is 1.26. The van der Waals surface area contributed by atoms with E-state index in [-0.39, 0.29) is 0 Å². The van der Waals surface area contributed by atoms with E-state index in [2.05, 4.69) is 54.4 Å². The van der Waals surface area contributed by atoms with Gasteiger partial charge in [0.2, 0.25) is 0 Å². The van der Waals surface area contributed by atoms with E-state index in [9.17, 15) is 0 Å². The molecule has 76 valence electrons. The van der Waals surface area contributed by atoms with Gasteiger partial charge in [-0.15, -0.1) is 4.91 Å². The van der Waals surface area contributed by atoms with Gasteiger partial charge in [-0.1, -0.05) is 60.7 Å². The van der Waals surface area contributed by atoms with E-state index < -0.39 is 0 Å². The third-order valence-electron chi connectivity index (χ3n) is 1.88. The van der Waals surface area contributed by atoms with Crippen LogP contribution in [0.1, 0.15) is 0 Å². The molecule has 0 aromatic heterocycles. The van der Waals surface area contributed by atoms with Gasteiger partial charge in [0.1, 0.15) is 0 Å². The Morgan fingerprint density at radius 1 is 0.733 bits per heavy atom. The lowest BCUT2D eigenvalue weighted by atomic mass is 10.1. The molecule has 0 aliphatic rings. The maximum Gasteiger partial charge on any atom is 0.0468 e. The Morgan fingerprint density at radius 2 is 1.00 bits per heavy atom. The van der Waals surface area contributed by atoms with E-state index >= 15 is 0 Å². The highest BCUT2D eigenvalue weighted by Gasteiger charge is 1.91. The summed E-state index contributed by atoms with van der Waals surface area (Å²) in [6.07, 6.45) is 0. The first kappa shape index (κ1) is 10.9. The molecule has 0 saturated carbocycles. The Balaban J connectivity index is 0.000000337. The summed E-state index contributed by atoms with van der Waals surface area (Å²) >= 11 is 0. The van der Waals surface area contributed by atoms with Gasteiger partial charge in [0, 0.05) is 5.29 Å². The first-order valence-electron chi connectivity index (χ1n) is 4.51. The SMILES string of the molecule is NN=O.c1ccc(-c2ccccc2)cc1. The standard InChI is InChI=1S/C12H10.H2N2O/c1-3-7-11(8-4-1)12-9-5-2-6-10-12;1-2-3/h1-10H;(H2,1,3). The summed E-state index contributed by atoms with van der Waals surface area (Å²) in [5.74, 6) is 3.92. The van der Waals surface area contributed by atoms with Crippen molar-refractivity contribution >= 4 is 0 Å². The summed E-state index contributed by atoms with van der Waals surface area (Å²) in [7, 11) is 0. The topological polar surface area (TPSA) is 55.4 Å². The zero-order valence-electron chi connectivity index (χ0n) is 8.21. The van der Waals surface area contributed by atoms with Crippen LogP contribution < -0.4 is 5.84 Å². The van der Waals surface area contributed by atoms with Crippen molar-refractivity contribution in [1.82, 2.24) is 0 Å². The maximum atomic E-state index is 8.33. The Kier molecular flexibility index (Phi) is 4.60. The first-order chi connectivity index (χ1) is 7.38. The Labute approximate surface area is 88.5 Å². The summed E-state index contributed by atoms with van der Waals surface area (Å²) in [5, 5.41) is 1.75. The molecule has 0 saturated heterocycles. The van der Waals surface area contributed by atoms with Crippen LogP contribution in [0.25, 0.3) is 11.1 Å². The molecule has 2 aromatic rings. The number of benzene rings is 2. The second-order valence-corrected chi connectivity index (χ2v) is 2.84. The predicted molar refractivity (Wildman–Crippen MR) is 61.9 cm³/mol. The van der Waals surface area contributed by atoms with Gasteiger partial charge in [-0.05, 0) is 11.1 Å². The van der Waals surface area contributed by atoms with Crippen LogP contribution >= 0.6 is 0 Å². The fraction of sp³-hybridized carbons (Fsp3) is 0. The normalized spacial score (nSPS) is 8.53. The molecule has 15 heavy (non-hydrogen) atoms. The number of hydrogen-bond acceptors (Lipinski definition) is 2. The Morgan fingerprint density at radius 3 is 1.27 bits per heavy atom. The molecule has 0 spiro atoms. The minimum atomic E-state index is 1.28. The molecule has 0 unspecified atom stereocenters. The zero-order valence-corrected chi connectivity index (χ0v) is 8.21. The molecule has 2 N–H and O–H groups in total. The van der Waals surface area contributed by atoms with E-state index in [1.165, 1.54) is 11.1 Å². The summed E-state index contributed by atoms with van der Waals surface area (Å²) in [5.41, 5.74) is 2.55. The number of hydrogen-bond donors (Lipinski definition) is 1. The van der Waals surface area contributed by atoms with Crippen molar-refractivity contribution in [2.24, 2.45) is 11.1 Å². The summed E-state index contributed by atoms with van der Waals surface area (Å²) in [4.78, 5) is 8.33. The fourth-order valence-electron chi connectivity index (χ4n) is 1.26. The molecule has 3 nitrogen and oxygen atoms in total. The van der Waals surface area contributed by atoms with E-state index in [4.69, 9.17) is 4.91 Å². The molecular formula is C12H12N2O. The second-order valence-electron chi connectivity index (χ2n) is 2.84. The zero-order chi connectivity index (χ0) is 10.9. The molecule has 0 aliphatic heterocycles. The van der Waals surface area contributed by atoms with Crippen LogP contribution in [-0.4, -0.2) is 0 Å². The highest BCUT2D eigenvalue weighted by Crippen LogP contribution is 2.17. The maximum absolute atomic E-state index is 8.33. The smallest absolute Gasteiger partial charge is 0.0468 e. The number of nitrogens with zero attached hydrogens (tertiary/aromatic N) is 1. The molecule has 0 fully saturated rings. The largest absolute Gasteiger partial charge is 0.287 e. The quantitative estimate of drug-likeness (QED) is 0.437. The van der Waals surface area contributed by atoms with E-state index in [0.29, 0.717) is 0 Å². The van der Waals surface area contributed by atoms with E-state index in [0.717, 1.165) is 0 Å². The van der Waals surface area contributed by atoms with Crippen molar-refractivity contribution in [1.29, 1.82) is 0 Å². The van der Waals surface area contributed by atoms with Gasteiger partial charge >= 0.3 is 0 Å². The first-order valence-corrected chi connectivity index (χ1v) is 4.51. The van der Waals surface area contributed by atoms with Crippen molar-refractivity contribution in [2.45, 2.75) is 0 Å². The summed E-state index contributed by atoms with van der Waals surface area (Å²) < 4.78 is 0. The molecule has 0 bridgehead atoms. The average Bonchev–Trinajstić information content (AvgIpc) is 2.32. The third-order valence-corrected chi connectivity index (χ3v) is 1.88. The molecular weight excluding hydrogens is 188 g/mol.